The molecule has 0 aliphatic rings. The van der Waals surface area contributed by atoms with E-state index in [1.165, 1.54) is 7.11 Å². The summed E-state index contributed by atoms with van der Waals surface area (Å²) in [5, 5.41) is 10.8. The molecule has 1 aromatic heterocycles. The molecule has 140 valence electrons. The summed E-state index contributed by atoms with van der Waals surface area (Å²) in [7, 11) is 1.49. The van der Waals surface area contributed by atoms with Crippen LogP contribution in [0.25, 0.3) is 10.9 Å². The van der Waals surface area contributed by atoms with Crippen molar-refractivity contribution in [2.75, 3.05) is 13.7 Å². The summed E-state index contributed by atoms with van der Waals surface area (Å²) >= 11 is 5.92. The lowest BCUT2D eigenvalue weighted by Crippen LogP contribution is -2.08. The van der Waals surface area contributed by atoms with Crippen LogP contribution in [0.15, 0.2) is 36.4 Å². The van der Waals surface area contributed by atoms with Gasteiger partial charge in [0.25, 0.3) is 5.09 Å². The van der Waals surface area contributed by atoms with E-state index in [0.717, 1.165) is 16.8 Å². The first-order chi connectivity index (χ1) is 12.9. The first kappa shape index (κ1) is 18.7. The lowest BCUT2D eigenvalue weighted by Gasteiger charge is -2.11. The predicted molar refractivity (Wildman–Crippen MR) is 101 cm³/mol. The Kier molecular flexibility index (Phi) is 5.32. The molecule has 0 aliphatic carbocycles. The van der Waals surface area contributed by atoms with Crippen molar-refractivity contribution in [2.45, 2.75) is 13.3 Å². The van der Waals surface area contributed by atoms with Crippen LogP contribution in [0, 0.1) is 17.0 Å². The highest BCUT2D eigenvalue weighted by Gasteiger charge is 2.22. The maximum atomic E-state index is 13.2. The van der Waals surface area contributed by atoms with Crippen LogP contribution in [0.2, 0.25) is 5.02 Å². The third-order valence-corrected chi connectivity index (χ3v) is 4.60. The topological polar surface area (TPSA) is 94.5 Å². The number of ether oxygens (including phenoxy) is 1. The quantitative estimate of drug-likeness (QED) is 0.373. The zero-order valence-corrected chi connectivity index (χ0v) is 15.5. The smallest absolute Gasteiger partial charge is 0.294 e. The fraction of sp³-hybridized carbons (Fsp3) is 0.211. The van der Waals surface area contributed by atoms with Gasteiger partial charge in [-0.2, -0.15) is 0 Å². The highest BCUT2D eigenvalue weighted by atomic mass is 35.5. The van der Waals surface area contributed by atoms with E-state index in [1.807, 2.05) is 13.0 Å². The molecular formula is C19H17ClN2O5. The Bertz CT molecular complexity index is 1010. The molecule has 1 heterocycles. The zero-order chi connectivity index (χ0) is 19.6. The number of rotatable bonds is 7. The number of carbonyl (C=O) groups is 1. The van der Waals surface area contributed by atoms with Gasteiger partial charge in [0.05, 0.1) is 12.7 Å². The molecule has 1 N–H and O–H groups in total. The number of aryl methyl sites for hydroxylation is 1. The Morgan fingerprint density at radius 1 is 1.22 bits per heavy atom. The van der Waals surface area contributed by atoms with Crippen LogP contribution in [0.5, 0.6) is 5.75 Å². The molecule has 0 fully saturated rings. The second-order valence-corrected chi connectivity index (χ2v) is 6.37. The summed E-state index contributed by atoms with van der Waals surface area (Å²) < 4.78 is 5.43. The number of methoxy groups -OCH3 is 1. The van der Waals surface area contributed by atoms with Crippen molar-refractivity contribution >= 4 is 28.3 Å². The van der Waals surface area contributed by atoms with Gasteiger partial charge in [0.15, 0.2) is 5.78 Å². The van der Waals surface area contributed by atoms with Crippen molar-refractivity contribution in [3.63, 3.8) is 0 Å². The molecular weight excluding hydrogens is 372 g/mol. The van der Waals surface area contributed by atoms with Gasteiger partial charge < -0.3 is 14.6 Å². The van der Waals surface area contributed by atoms with Crippen molar-refractivity contribution in [3.8, 4) is 5.75 Å². The van der Waals surface area contributed by atoms with E-state index in [9.17, 15) is 14.9 Å². The number of nitrogens with zero attached hydrogens (tertiary/aromatic N) is 1. The Morgan fingerprint density at radius 3 is 2.56 bits per heavy atom. The Hall–Kier alpha value is -3.06. The van der Waals surface area contributed by atoms with Crippen LogP contribution in [0.1, 0.15) is 27.2 Å². The number of aromatic nitrogens is 1. The highest BCUT2D eigenvalue weighted by molar-refractivity contribution is 6.30. The lowest BCUT2D eigenvalue weighted by molar-refractivity contribution is -0.757. The van der Waals surface area contributed by atoms with Gasteiger partial charge in [0, 0.05) is 27.2 Å². The molecule has 0 radical (unpaired) electrons. The maximum absolute atomic E-state index is 13.2. The average molecular weight is 389 g/mol. The largest absolute Gasteiger partial charge is 0.496 e. The van der Waals surface area contributed by atoms with Crippen LogP contribution in [-0.2, 0) is 11.3 Å². The Morgan fingerprint density at radius 2 is 1.93 bits per heavy atom. The van der Waals surface area contributed by atoms with Crippen LogP contribution in [0.4, 0.5) is 0 Å². The second kappa shape index (κ2) is 7.67. The van der Waals surface area contributed by atoms with Crippen molar-refractivity contribution in [2.24, 2.45) is 0 Å². The molecule has 8 heteroatoms. The molecule has 0 aliphatic heterocycles. The SMILES string of the molecule is COc1ccc2[nH]c(C)c(CCO[N+](=O)[O-])c2c1C(=O)c1ccc(Cl)cc1. The minimum atomic E-state index is -0.829. The van der Waals surface area contributed by atoms with Gasteiger partial charge in [-0.3, -0.25) is 4.79 Å². The van der Waals surface area contributed by atoms with E-state index in [1.54, 1.807) is 30.3 Å². The number of benzene rings is 2. The third kappa shape index (κ3) is 3.73. The minimum absolute atomic E-state index is 0.105. The fourth-order valence-corrected chi connectivity index (χ4v) is 3.27. The molecule has 0 spiro atoms. The first-order valence-corrected chi connectivity index (χ1v) is 8.56. The van der Waals surface area contributed by atoms with Crippen LogP contribution in [0.3, 0.4) is 0 Å². The second-order valence-electron chi connectivity index (χ2n) is 5.94. The summed E-state index contributed by atoms with van der Waals surface area (Å²) in [5.41, 5.74) is 3.22. The molecule has 7 nitrogen and oxygen atoms in total. The van der Waals surface area contributed by atoms with Gasteiger partial charge in [-0.15, -0.1) is 10.1 Å². The van der Waals surface area contributed by atoms with E-state index in [2.05, 4.69) is 9.82 Å². The molecule has 27 heavy (non-hydrogen) atoms. The van der Waals surface area contributed by atoms with E-state index in [0.29, 0.717) is 27.3 Å². The van der Waals surface area contributed by atoms with Crippen LogP contribution < -0.4 is 4.74 Å². The predicted octanol–water partition coefficient (Wildman–Crippen LogP) is 4.12. The first-order valence-electron chi connectivity index (χ1n) is 8.18. The Labute approximate surface area is 160 Å². The van der Waals surface area contributed by atoms with Crippen molar-refractivity contribution in [1.29, 1.82) is 0 Å². The number of aromatic amines is 1. The average Bonchev–Trinajstić information content (AvgIpc) is 2.96. The van der Waals surface area contributed by atoms with Gasteiger partial charge in [-0.1, -0.05) is 11.6 Å². The van der Waals surface area contributed by atoms with Gasteiger partial charge in [-0.05, 0) is 55.3 Å². The summed E-state index contributed by atoms with van der Waals surface area (Å²) in [6, 6.07) is 10.1. The van der Waals surface area contributed by atoms with Gasteiger partial charge >= 0.3 is 0 Å². The summed E-state index contributed by atoms with van der Waals surface area (Å²) in [6.45, 7) is 1.75. The van der Waals surface area contributed by atoms with Crippen molar-refractivity contribution in [3.05, 3.63) is 73.9 Å². The number of hydrogen-bond donors (Lipinski definition) is 1. The third-order valence-electron chi connectivity index (χ3n) is 4.35. The molecule has 0 bridgehead atoms. The standard InChI is InChI=1S/C19H17ClN2O5/c1-11-14(9-10-27-22(24)25)17-15(21-11)7-8-16(26-2)18(17)19(23)12-3-5-13(20)6-4-12/h3-8,21H,9-10H2,1-2H3. The number of hydrogen-bond acceptors (Lipinski definition) is 5. The lowest BCUT2D eigenvalue weighted by atomic mass is 9.95. The number of halogens is 1. The molecule has 0 saturated heterocycles. The molecule has 3 aromatic rings. The Balaban J connectivity index is 2.15. The fourth-order valence-electron chi connectivity index (χ4n) is 3.14. The van der Waals surface area contributed by atoms with Crippen molar-refractivity contribution < 1.29 is 19.5 Å². The number of carbonyl (C=O) groups excluding carboxylic acids is 1. The number of H-pyrrole nitrogens is 1. The van der Waals surface area contributed by atoms with Gasteiger partial charge in [0.1, 0.15) is 12.4 Å². The van der Waals surface area contributed by atoms with E-state index < -0.39 is 5.09 Å². The monoisotopic (exact) mass is 388 g/mol. The summed E-state index contributed by atoms with van der Waals surface area (Å²) in [5.74, 6) is 0.211. The van der Waals surface area contributed by atoms with Crippen molar-refractivity contribution in [1.82, 2.24) is 4.98 Å². The maximum Gasteiger partial charge on any atom is 0.294 e. The van der Waals surface area contributed by atoms with Gasteiger partial charge in [0.2, 0.25) is 0 Å². The minimum Gasteiger partial charge on any atom is -0.496 e. The number of nitrogens with one attached hydrogen (secondary N) is 1. The van der Waals surface area contributed by atoms with E-state index in [4.69, 9.17) is 16.3 Å². The van der Waals surface area contributed by atoms with E-state index in [-0.39, 0.29) is 18.8 Å². The molecule has 0 amide bonds. The van der Waals surface area contributed by atoms with Crippen LogP contribution in [-0.4, -0.2) is 29.6 Å². The molecule has 2 aromatic carbocycles. The highest BCUT2D eigenvalue weighted by Crippen LogP contribution is 2.34. The van der Waals surface area contributed by atoms with Gasteiger partial charge in [-0.25, -0.2) is 0 Å². The normalized spacial score (nSPS) is 10.8. The molecule has 3 rings (SSSR count). The number of fused-ring (bicyclic) bond motifs is 1. The summed E-state index contributed by atoms with van der Waals surface area (Å²) in [6.07, 6.45) is 0.279. The summed E-state index contributed by atoms with van der Waals surface area (Å²) in [4.78, 5) is 31.3. The molecule has 0 atom stereocenters. The molecule has 0 saturated carbocycles. The molecule has 0 unspecified atom stereocenters. The zero-order valence-electron chi connectivity index (χ0n) is 14.7. The van der Waals surface area contributed by atoms with Crippen LogP contribution >= 0.6 is 11.6 Å². The number of ketones is 1. The van der Waals surface area contributed by atoms with E-state index >= 15 is 0 Å².